The Bertz CT molecular complexity index is 1010. The van der Waals surface area contributed by atoms with Crippen LogP contribution in [0.4, 0.5) is 0 Å². The molecule has 0 bridgehead atoms. The van der Waals surface area contributed by atoms with E-state index in [1.165, 1.54) is 19.2 Å². The number of fused-ring (bicyclic) bond motifs is 2. The molecule has 1 unspecified atom stereocenters. The normalized spacial score (nSPS) is 13.2. The molecular weight excluding hydrogens is 344 g/mol. The summed E-state index contributed by atoms with van der Waals surface area (Å²) >= 11 is 0. The van der Waals surface area contributed by atoms with Gasteiger partial charge in [0.05, 0.1) is 11.5 Å². The fraction of sp³-hybridized carbons (Fsp3) is 0.222. The van der Waals surface area contributed by atoms with Crippen LogP contribution in [0.1, 0.15) is 0 Å². The van der Waals surface area contributed by atoms with Crippen LogP contribution in [-0.4, -0.2) is 44.5 Å². The average Bonchev–Trinajstić information content (AvgIpc) is 2.57. The van der Waals surface area contributed by atoms with Crippen molar-refractivity contribution in [1.29, 1.82) is 0 Å². The number of aliphatic hydroxyl groups is 1. The molecule has 0 spiro atoms. The molecular formula is C18H18O6S. The summed E-state index contributed by atoms with van der Waals surface area (Å²) < 4.78 is 42.9. The zero-order valence-corrected chi connectivity index (χ0v) is 14.4. The smallest absolute Gasteiger partial charge is 0.294 e. The molecule has 0 aliphatic carbocycles. The molecule has 25 heavy (non-hydrogen) atoms. The molecule has 0 aromatic heterocycles. The highest BCUT2D eigenvalue weighted by molar-refractivity contribution is 7.85. The van der Waals surface area contributed by atoms with Gasteiger partial charge in [0.1, 0.15) is 18.5 Å². The van der Waals surface area contributed by atoms with Gasteiger partial charge in [0, 0.05) is 17.9 Å². The molecule has 6 nitrogen and oxygen atoms in total. The standard InChI is InChI=1S/C18H18O6S/c1-23-10-14(19)11-24-18-16-5-3-2-4-12(16)8-13-6-7-15(9-17(13)18)25(20,21)22/h2-9,14,19H,10-11H2,1H3,(H,20,21,22). The van der Waals surface area contributed by atoms with Crippen molar-refractivity contribution >= 4 is 31.7 Å². The second-order valence-corrected chi connectivity index (χ2v) is 7.13. The molecule has 0 heterocycles. The second-order valence-electron chi connectivity index (χ2n) is 5.71. The molecule has 7 heteroatoms. The molecule has 0 fully saturated rings. The summed E-state index contributed by atoms with van der Waals surface area (Å²) in [5, 5.41) is 12.9. The Labute approximate surface area is 145 Å². The fourth-order valence-corrected chi connectivity index (χ4v) is 3.24. The number of aliphatic hydroxyl groups excluding tert-OH is 1. The Morgan fingerprint density at radius 1 is 1.00 bits per heavy atom. The molecule has 1 atom stereocenters. The highest BCUT2D eigenvalue weighted by Crippen LogP contribution is 2.36. The van der Waals surface area contributed by atoms with Crippen LogP contribution in [-0.2, 0) is 14.9 Å². The number of methoxy groups -OCH3 is 1. The molecule has 0 aliphatic heterocycles. The van der Waals surface area contributed by atoms with E-state index in [0.717, 1.165) is 16.2 Å². The van der Waals surface area contributed by atoms with Crippen LogP contribution in [0.15, 0.2) is 53.4 Å². The van der Waals surface area contributed by atoms with Gasteiger partial charge in [-0.15, -0.1) is 0 Å². The van der Waals surface area contributed by atoms with Crippen LogP contribution in [0.25, 0.3) is 21.5 Å². The maximum absolute atomic E-state index is 11.5. The molecule has 3 aromatic carbocycles. The lowest BCUT2D eigenvalue weighted by molar-refractivity contribution is 0.0333. The molecule has 0 radical (unpaired) electrons. The van der Waals surface area contributed by atoms with Gasteiger partial charge in [0.25, 0.3) is 10.1 Å². The number of rotatable bonds is 6. The Kier molecular flexibility index (Phi) is 4.91. The zero-order chi connectivity index (χ0) is 18.0. The van der Waals surface area contributed by atoms with Gasteiger partial charge in [-0.25, -0.2) is 0 Å². The number of hydrogen-bond donors (Lipinski definition) is 2. The predicted octanol–water partition coefficient (Wildman–Crippen LogP) is 2.63. The van der Waals surface area contributed by atoms with Crippen LogP contribution >= 0.6 is 0 Å². The summed E-state index contributed by atoms with van der Waals surface area (Å²) in [5.74, 6) is 0.453. The summed E-state index contributed by atoms with van der Waals surface area (Å²) in [6.45, 7) is 0.117. The highest BCUT2D eigenvalue weighted by atomic mass is 32.2. The minimum atomic E-state index is -4.33. The molecule has 3 aromatic rings. The summed E-state index contributed by atoms with van der Waals surface area (Å²) in [6, 6.07) is 13.8. The molecule has 132 valence electrons. The van der Waals surface area contributed by atoms with Crippen LogP contribution in [0.3, 0.4) is 0 Å². The van der Waals surface area contributed by atoms with Crippen LogP contribution in [0.2, 0.25) is 0 Å². The van der Waals surface area contributed by atoms with Crippen LogP contribution < -0.4 is 4.74 Å². The Hall–Kier alpha value is -2.19. The van der Waals surface area contributed by atoms with Gasteiger partial charge in [-0.05, 0) is 29.0 Å². The van der Waals surface area contributed by atoms with E-state index in [-0.39, 0.29) is 18.1 Å². The topological polar surface area (TPSA) is 93.1 Å². The van der Waals surface area contributed by atoms with Crippen molar-refractivity contribution in [3.05, 3.63) is 48.5 Å². The van der Waals surface area contributed by atoms with E-state index in [4.69, 9.17) is 9.47 Å². The maximum Gasteiger partial charge on any atom is 0.294 e. The Morgan fingerprint density at radius 2 is 1.72 bits per heavy atom. The molecule has 3 rings (SSSR count). The minimum absolute atomic E-state index is 0.00689. The van der Waals surface area contributed by atoms with Gasteiger partial charge in [-0.1, -0.05) is 30.3 Å². The van der Waals surface area contributed by atoms with E-state index in [2.05, 4.69) is 0 Å². The van der Waals surface area contributed by atoms with Crippen molar-refractivity contribution in [2.24, 2.45) is 0 Å². The molecule has 2 N–H and O–H groups in total. The first-order valence-corrected chi connectivity index (χ1v) is 9.07. The van der Waals surface area contributed by atoms with Crippen molar-refractivity contribution in [1.82, 2.24) is 0 Å². The zero-order valence-electron chi connectivity index (χ0n) is 13.5. The van der Waals surface area contributed by atoms with E-state index < -0.39 is 16.2 Å². The van der Waals surface area contributed by atoms with Crippen LogP contribution in [0.5, 0.6) is 5.75 Å². The van der Waals surface area contributed by atoms with E-state index in [1.54, 1.807) is 6.07 Å². The first-order chi connectivity index (χ1) is 11.9. The highest BCUT2D eigenvalue weighted by Gasteiger charge is 2.15. The second kappa shape index (κ2) is 6.97. The third kappa shape index (κ3) is 3.74. The fourth-order valence-electron chi connectivity index (χ4n) is 2.74. The minimum Gasteiger partial charge on any atom is -0.489 e. The number of hydrogen-bond acceptors (Lipinski definition) is 5. The first-order valence-electron chi connectivity index (χ1n) is 7.63. The largest absolute Gasteiger partial charge is 0.489 e. The lowest BCUT2D eigenvalue weighted by atomic mass is 10.0. The lowest BCUT2D eigenvalue weighted by Crippen LogP contribution is -2.22. The lowest BCUT2D eigenvalue weighted by Gasteiger charge is -2.16. The molecule has 0 amide bonds. The number of benzene rings is 3. The van der Waals surface area contributed by atoms with Gasteiger partial charge in [0.15, 0.2) is 0 Å². The van der Waals surface area contributed by atoms with Crippen molar-refractivity contribution in [3.63, 3.8) is 0 Å². The molecule has 0 aliphatic rings. The molecule has 0 saturated heterocycles. The predicted molar refractivity (Wildman–Crippen MR) is 94.6 cm³/mol. The Balaban J connectivity index is 2.19. The summed E-state index contributed by atoms with van der Waals surface area (Å²) in [6.07, 6.45) is -0.816. The monoisotopic (exact) mass is 362 g/mol. The molecule has 0 saturated carbocycles. The Morgan fingerprint density at radius 3 is 2.44 bits per heavy atom. The third-order valence-electron chi connectivity index (χ3n) is 3.86. The third-order valence-corrected chi connectivity index (χ3v) is 4.71. The summed E-state index contributed by atoms with van der Waals surface area (Å²) in [5.41, 5.74) is 0. The van der Waals surface area contributed by atoms with Crippen molar-refractivity contribution in [3.8, 4) is 5.75 Å². The van der Waals surface area contributed by atoms with Gasteiger partial charge in [-0.3, -0.25) is 4.55 Å². The van der Waals surface area contributed by atoms with Gasteiger partial charge < -0.3 is 14.6 Å². The summed E-state index contributed by atoms with van der Waals surface area (Å²) in [7, 11) is -2.85. The van der Waals surface area contributed by atoms with Gasteiger partial charge in [-0.2, -0.15) is 8.42 Å². The summed E-state index contributed by atoms with van der Waals surface area (Å²) in [4.78, 5) is -0.211. The van der Waals surface area contributed by atoms with E-state index in [0.29, 0.717) is 11.1 Å². The first kappa shape index (κ1) is 17.6. The van der Waals surface area contributed by atoms with Crippen molar-refractivity contribution in [2.45, 2.75) is 11.0 Å². The van der Waals surface area contributed by atoms with E-state index >= 15 is 0 Å². The van der Waals surface area contributed by atoms with Gasteiger partial charge >= 0.3 is 0 Å². The van der Waals surface area contributed by atoms with Crippen LogP contribution in [0, 0.1) is 0 Å². The number of ether oxygens (including phenoxy) is 2. The maximum atomic E-state index is 11.5. The van der Waals surface area contributed by atoms with E-state index in [1.807, 2.05) is 30.3 Å². The van der Waals surface area contributed by atoms with E-state index in [9.17, 15) is 18.1 Å². The van der Waals surface area contributed by atoms with Crippen molar-refractivity contribution in [2.75, 3.05) is 20.3 Å². The van der Waals surface area contributed by atoms with Gasteiger partial charge in [0.2, 0.25) is 0 Å². The average molecular weight is 362 g/mol. The SMILES string of the molecule is COCC(O)COc1c2ccccc2cc2ccc(S(=O)(=O)O)cc12. The van der Waals surface area contributed by atoms with Crippen molar-refractivity contribution < 1.29 is 27.6 Å². The quantitative estimate of drug-likeness (QED) is 0.517.